The molecule has 0 spiro atoms. The van der Waals surface area contributed by atoms with E-state index >= 15 is 0 Å². The third kappa shape index (κ3) is 4.07. The van der Waals surface area contributed by atoms with E-state index in [2.05, 4.69) is 4.98 Å². The van der Waals surface area contributed by atoms with Gasteiger partial charge in [-0.15, -0.1) is 0 Å². The molecule has 5 nitrogen and oxygen atoms in total. The van der Waals surface area contributed by atoms with Crippen LogP contribution in [0, 0.1) is 6.92 Å². The van der Waals surface area contributed by atoms with Gasteiger partial charge in [0.05, 0.1) is 7.11 Å². The molecule has 0 aliphatic carbocycles. The average Bonchev–Trinajstić information content (AvgIpc) is 2.48. The molecule has 0 radical (unpaired) electrons. The summed E-state index contributed by atoms with van der Waals surface area (Å²) in [6.07, 6.45) is 4.12. The number of carboxylic acid groups (broad SMARTS) is 1. The second kappa shape index (κ2) is 6.56. The SMILES string of the molecule is COc1ccc(Oc2ncc(/C=C/C(=O)O)cc2C)cc1. The highest BCUT2D eigenvalue weighted by molar-refractivity contribution is 5.85. The molecule has 108 valence electrons. The highest BCUT2D eigenvalue weighted by Crippen LogP contribution is 2.25. The maximum Gasteiger partial charge on any atom is 0.328 e. The number of aromatic nitrogens is 1. The van der Waals surface area contributed by atoms with Crippen LogP contribution in [0.5, 0.6) is 17.4 Å². The van der Waals surface area contributed by atoms with Gasteiger partial charge in [0.2, 0.25) is 5.88 Å². The zero-order valence-corrected chi connectivity index (χ0v) is 11.7. The largest absolute Gasteiger partial charge is 0.497 e. The monoisotopic (exact) mass is 285 g/mol. The second-order valence-electron chi connectivity index (χ2n) is 4.34. The van der Waals surface area contributed by atoms with Gasteiger partial charge in [-0.2, -0.15) is 0 Å². The topological polar surface area (TPSA) is 68.7 Å². The Hall–Kier alpha value is -2.82. The number of benzene rings is 1. The van der Waals surface area contributed by atoms with Gasteiger partial charge in [0.25, 0.3) is 0 Å². The molecule has 0 bridgehead atoms. The van der Waals surface area contributed by atoms with Crippen LogP contribution in [0.25, 0.3) is 6.08 Å². The van der Waals surface area contributed by atoms with Crippen molar-refractivity contribution < 1.29 is 19.4 Å². The van der Waals surface area contributed by atoms with Crippen molar-refractivity contribution >= 4 is 12.0 Å². The zero-order chi connectivity index (χ0) is 15.2. The zero-order valence-electron chi connectivity index (χ0n) is 11.7. The number of aryl methyl sites for hydroxylation is 1. The van der Waals surface area contributed by atoms with Gasteiger partial charge in [-0.1, -0.05) is 0 Å². The molecule has 0 amide bonds. The molecule has 0 aliphatic rings. The summed E-state index contributed by atoms with van der Waals surface area (Å²) < 4.78 is 10.8. The Balaban J connectivity index is 2.14. The Morgan fingerprint density at radius 3 is 2.48 bits per heavy atom. The van der Waals surface area contributed by atoms with Crippen molar-refractivity contribution in [1.29, 1.82) is 0 Å². The van der Waals surface area contributed by atoms with E-state index in [1.807, 2.05) is 13.0 Å². The van der Waals surface area contributed by atoms with Crippen molar-refractivity contribution in [3.8, 4) is 17.4 Å². The molecule has 1 aromatic heterocycles. The summed E-state index contributed by atoms with van der Waals surface area (Å²) in [5, 5.41) is 8.59. The summed E-state index contributed by atoms with van der Waals surface area (Å²) >= 11 is 0. The average molecular weight is 285 g/mol. The summed E-state index contributed by atoms with van der Waals surface area (Å²) in [5.41, 5.74) is 1.52. The number of ether oxygens (including phenoxy) is 2. The van der Waals surface area contributed by atoms with Gasteiger partial charge < -0.3 is 14.6 Å². The van der Waals surface area contributed by atoms with Crippen molar-refractivity contribution in [2.24, 2.45) is 0 Å². The van der Waals surface area contributed by atoms with Crippen LogP contribution < -0.4 is 9.47 Å². The molecular weight excluding hydrogens is 270 g/mol. The minimum Gasteiger partial charge on any atom is -0.497 e. The molecule has 5 heteroatoms. The van der Waals surface area contributed by atoms with E-state index < -0.39 is 5.97 Å². The molecule has 21 heavy (non-hydrogen) atoms. The number of pyridine rings is 1. The predicted octanol–water partition coefficient (Wildman–Crippen LogP) is 3.29. The van der Waals surface area contributed by atoms with Gasteiger partial charge in [-0.3, -0.25) is 0 Å². The maximum absolute atomic E-state index is 10.5. The highest BCUT2D eigenvalue weighted by atomic mass is 16.5. The lowest BCUT2D eigenvalue weighted by Crippen LogP contribution is -1.93. The van der Waals surface area contributed by atoms with Crippen molar-refractivity contribution in [2.75, 3.05) is 7.11 Å². The minimum absolute atomic E-state index is 0.479. The third-order valence-corrected chi connectivity index (χ3v) is 2.74. The summed E-state index contributed by atoms with van der Waals surface area (Å²) in [4.78, 5) is 14.7. The van der Waals surface area contributed by atoms with E-state index in [1.165, 1.54) is 6.08 Å². The van der Waals surface area contributed by atoms with Gasteiger partial charge in [-0.05, 0) is 48.9 Å². The van der Waals surface area contributed by atoms with Crippen LogP contribution in [-0.4, -0.2) is 23.2 Å². The Morgan fingerprint density at radius 2 is 1.90 bits per heavy atom. The number of rotatable bonds is 5. The van der Waals surface area contributed by atoms with Gasteiger partial charge in [0, 0.05) is 17.8 Å². The summed E-state index contributed by atoms with van der Waals surface area (Å²) in [6.45, 7) is 1.85. The number of hydrogen-bond acceptors (Lipinski definition) is 4. The minimum atomic E-state index is -0.994. The normalized spacial score (nSPS) is 10.6. The standard InChI is InChI=1S/C16H15NO4/c1-11-9-12(3-8-15(18)19)10-17-16(11)21-14-6-4-13(20-2)5-7-14/h3-10H,1-2H3,(H,18,19)/b8-3+. The Kier molecular flexibility index (Phi) is 4.56. The van der Waals surface area contributed by atoms with E-state index in [1.54, 1.807) is 37.6 Å². The molecule has 1 heterocycles. The summed E-state index contributed by atoms with van der Waals surface area (Å²) in [5.74, 6) is 0.889. The number of hydrogen-bond donors (Lipinski definition) is 1. The van der Waals surface area contributed by atoms with Crippen molar-refractivity contribution in [3.05, 3.63) is 53.7 Å². The number of aliphatic carboxylic acids is 1. The predicted molar refractivity (Wildman–Crippen MR) is 78.7 cm³/mol. The molecule has 1 aromatic carbocycles. The smallest absolute Gasteiger partial charge is 0.328 e. The fraction of sp³-hybridized carbons (Fsp3) is 0.125. The van der Waals surface area contributed by atoms with Gasteiger partial charge in [0.1, 0.15) is 11.5 Å². The van der Waals surface area contributed by atoms with Crippen LogP contribution >= 0.6 is 0 Å². The lowest BCUT2D eigenvalue weighted by molar-refractivity contribution is -0.131. The molecule has 0 saturated heterocycles. The molecule has 2 aromatic rings. The first-order valence-electron chi connectivity index (χ1n) is 6.28. The van der Waals surface area contributed by atoms with Crippen LogP contribution in [0.1, 0.15) is 11.1 Å². The van der Waals surface area contributed by atoms with E-state index in [-0.39, 0.29) is 0 Å². The van der Waals surface area contributed by atoms with E-state index in [0.29, 0.717) is 17.2 Å². The molecule has 0 atom stereocenters. The third-order valence-electron chi connectivity index (χ3n) is 2.74. The van der Waals surface area contributed by atoms with E-state index in [9.17, 15) is 4.79 Å². The number of nitrogens with zero attached hydrogens (tertiary/aromatic N) is 1. The lowest BCUT2D eigenvalue weighted by atomic mass is 10.2. The van der Waals surface area contributed by atoms with Crippen LogP contribution in [0.15, 0.2) is 42.6 Å². The molecule has 1 N–H and O–H groups in total. The lowest BCUT2D eigenvalue weighted by Gasteiger charge is -2.08. The van der Waals surface area contributed by atoms with Gasteiger partial charge in [-0.25, -0.2) is 9.78 Å². The first kappa shape index (κ1) is 14.6. The van der Waals surface area contributed by atoms with Crippen LogP contribution in [0.4, 0.5) is 0 Å². The fourth-order valence-corrected chi connectivity index (χ4v) is 1.70. The number of carbonyl (C=O) groups is 1. The number of methoxy groups -OCH3 is 1. The maximum atomic E-state index is 10.5. The van der Waals surface area contributed by atoms with Crippen LogP contribution in [0.2, 0.25) is 0 Å². The Bertz CT molecular complexity index is 662. The first-order valence-corrected chi connectivity index (χ1v) is 6.28. The Morgan fingerprint density at radius 1 is 1.24 bits per heavy atom. The molecule has 0 fully saturated rings. The van der Waals surface area contributed by atoms with Crippen molar-refractivity contribution in [2.45, 2.75) is 6.92 Å². The molecular formula is C16H15NO4. The summed E-state index contributed by atoms with van der Waals surface area (Å²) in [7, 11) is 1.60. The molecule has 2 rings (SSSR count). The van der Waals surface area contributed by atoms with E-state index in [4.69, 9.17) is 14.6 Å². The van der Waals surface area contributed by atoms with Crippen molar-refractivity contribution in [3.63, 3.8) is 0 Å². The van der Waals surface area contributed by atoms with Gasteiger partial charge in [0.15, 0.2) is 0 Å². The van der Waals surface area contributed by atoms with E-state index in [0.717, 1.165) is 17.4 Å². The number of carboxylic acids is 1. The second-order valence-corrected chi connectivity index (χ2v) is 4.34. The summed E-state index contributed by atoms with van der Waals surface area (Å²) in [6, 6.07) is 8.99. The fourth-order valence-electron chi connectivity index (χ4n) is 1.70. The molecule has 0 unspecified atom stereocenters. The quantitative estimate of drug-likeness (QED) is 0.854. The first-order chi connectivity index (χ1) is 10.1. The van der Waals surface area contributed by atoms with Crippen LogP contribution in [0.3, 0.4) is 0 Å². The van der Waals surface area contributed by atoms with Gasteiger partial charge >= 0.3 is 5.97 Å². The Labute approximate surface area is 122 Å². The molecule has 0 saturated carbocycles. The van der Waals surface area contributed by atoms with Crippen molar-refractivity contribution in [1.82, 2.24) is 4.98 Å². The highest BCUT2D eigenvalue weighted by Gasteiger charge is 2.04. The van der Waals surface area contributed by atoms with Crippen LogP contribution in [-0.2, 0) is 4.79 Å². The molecule has 0 aliphatic heterocycles.